The van der Waals surface area contributed by atoms with Gasteiger partial charge in [-0.05, 0) is 48.5 Å². The number of benzene rings is 3. The van der Waals surface area contributed by atoms with Crippen molar-refractivity contribution in [3.63, 3.8) is 0 Å². The van der Waals surface area contributed by atoms with Gasteiger partial charge in [-0.25, -0.2) is 4.39 Å². The van der Waals surface area contributed by atoms with Crippen LogP contribution in [0.3, 0.4) is 0 Å². The molecule has 0 aliphatic rings. The normalized spacial score (nSPS) is 10.2. The number of rotatable bonds is 3. The molecule has 0 saturated carbocycles. The molecule has 3 rings (SSSR count). The number of nitrogens with zero attached hydrogens (tertiary/aromatic N) is 1. The summed E-state index contributed by atoms with van der Waals surface area (Å²) in [5, 5.41) is 0. The minimum atomic E-state index is -0.359. The van der Waals surface area contributed by atoms with E-state index in [2.05, 4.69) is 0 Å². The maximum atomic E-state index is 13.1. The Bertz CT molecular complexity index is 715. The van der Waals surface area contributed by atoms with Crippen LogP contribution in [0.15, 0.2) is 84.9 Å². The van der Waals surface area contributed by atoms with Crippen molar-refractivity contribution in [1.82, 2.24) is 0 Å². The van der Waals surface area contributed by atoms with Crippen molar-refractivity contribution in [1.29, 1.82) is 0 Å². The van der Waals surface area contributed by atoms with Gasteiger partial charge in [-0.3, -0.25) is 9.69 Å². The summed E-state index contributed by atoms with van der Waals surface area (Å²) in [6, 6.07) is 24.4. The van der Waals surface area contributed by atoms with Crippen molar-refractivity contribution in [3.8, 4) is 0 Å². The summed E-state index contributed by atoms with van der Waals surface area (Å²) in [6.45, 7) is 0. The van der Waals surface area contributed by atoms with Gasteiger partial charge in [-0.2, -0.15) is 0 Å². The summed E-state index contributed by atoms with van der Waals surface area (Å²) < 4.78 is 13.1. The highest BCUT2D eigenvalue weighted by molar-refractivity contribution is 6.10. The molecular weight excluding hydrogens is 277 g/mol. The molecule has 3 aromatic carbocycles. The molecule has 0 aliphatic heterocycles. The van der Waals surface area contributed by atoms with Crippen molar-refractivity contribution in [3.05, 3.63) is 96.3 Å². The fraction of sp³-hybridized carbons (Fsp3) is 0. The summed E-state index contributed by atoms with van der Waals surface area (Å²) in [5.74, 6) is -0.556. The van der Waals surface area contributed by atoms with Crippen LogP contribution >= 0.6 is 0 Å². The molecule has 0 N–H and O–H groups in total. The van der Waals surface area contributed by atoms with E-state index in [0.717, 1.165) is 11.4 Å². The molecule has 0 aliphatic carbocycles. The molecule has 0 bridgehead atoms. The maximum absolute atomic E-state index is 13.1. The van der Waals surface area contributed by atoms with Gasteiger partial charge in [-0.1, -0.05) is 36.4 Å². The molecule has 0 radical (unpaired) electrons. The first-order valence-corrected chi connectivity index (χ1v) is 6.96. The van der Waals surface area contributed by atoms with Crippen LogP contribution in [0.2, 0.25) is 0 Å². The van der Waals surface area contributed by atoms with Crippen molar-refractivity contribution in [2.75, 3.05) is 4.90 Å². The average molecular weight is 291 g/mol. The standard InChI is InChI=1S/C19H14FNO/c20-16-13-11-15(12-14-16)19(22)21(17-7-3-1-4-8-17)18-9-5-2-6-10-18/h1-14H. The molecule has 0 spiro atoms. The van der Waals surface area contributed by atoms with E-state index in [9.17, 15) is 9.18 Å². The summed E-state index contributed by atoms with van der Waals surface area (Å²) in [7, 11) is 0. The molecule has 3 heteroatoms. The lowest BCUT2D eigenvalue weighted by molar-refractivity contribution is 0.0999. The minimum absolute atomic E-state index is 0.197. The smallest absolute Gasteiger partial charge is 0.262 e. The average Bonchev–Trinajstić information content (AvgIpc) is 2.57. The van der Waals surface area contributed by atoms with Crippen LogP contribution in [-0.2, 0) is 0 Å². The number of carbonyl (C=O) groups is 1. The molecule has 0 fully saturated rings. The quantitative estimate of drug-likeness (QED) is 0.678. The Hall–Kier alpha value is -2.94. The van der Waals surface area contributed by atoms with Gasteiger partial charge >= 0.3 is 0 Å². The van der Waals surface area contributed by atoms with Crippen LogP contribution in [0.5, 0.6) is 0 Å². The van der Waals surface area contributed by atoms with Crippen LogP contribution < -0.4 is 4.90 Å². The van der Waals surface area contributed by atoms with Gasteiger partial charge in [-0.15, -0.1) is 0 Å². The lowest BCUT2D eigenvalue weighted by atomic mass is 10.1. The first-order chi connectivity index (χ1) is 10.8. The monoisotopic (exact) mass is 291 g/mol. The predicted octanol–water partition coefficient (Wildman–Crippen LogP) is 4.80. The topological polar surface area (TPSA) is 20.3 Å². The van der Waals surface area contributed by atoms with Crippen LogP contribution in [0, 0.1) is 5.82 Å². The fourth-order valence-electron chi connectivity index (χ4n) is 2.26. The zero-order valence-electron chi connectivity index (χ0n) is 11.8. The van der Waals surface area contributed by atoms with E-state index >= 15 is 0 Å². The lowest BCUT2D eigenvalue weighted by Gasteiger charge is -2.23. The van der Waals surface area contributed by atoms with Crippen molar-refractivity contribution in [2.24, 2.45) is 0 Å². The van der Waals surface area contributed by atoms with Crippen LogP contribution in [0.4, 0.5) is 15.8 Å². The molecule has 1 amide bonds. The van der Waals surface area contributed by atoms with Gasteiger partial charge in [0.05, 0.1) is 0 Å². The van der Waals surface area contributed by atoms with E-state index in [-0.39, 0.29) is 11.7 Å². The number of carbonyl (C=O) groups excluding carboxylic acids is 1. The highest BCUT2D eigenvalue weighted by atomic mass is 19.1. The summed E-state index contributed by atoms with van der Waals surface area (Å²) in [5.41, 5.74) is 1.97. The third-order valence-electron chi connectivity index (χ3n) is 3.32. The van der Waals surface area contributed by atoms with Crippen molar-refractivity contribution >= 4 is 17.3 Å². The Kier molecular flexibility index (Phi) is 3.97. The van der Waals surface area contributed by atoms with Crippen LogP contribution in [-0.4, -0.2) is 5.91 Å². The fourth-order valence-corrected chi connectivity index (χ4v) is 2.26. The van der Waals surface area contributed by atoms with Gasteiger partial charge < -0.3 is 0 Å². The number of halogens is 1. The molecule has 3 aromatic rings. The van der Waals surface area contributed by atoms with E-state index < -0.39 is 0 Å². The molecule has 108 valence electrons. The number of hydrogen-bond acceptors (Lipinski definition) is 1. The molecule has 0 saturated heterocycles. The SMILES string of the molecule is O=C(c1ccc(F)cc1)N(c1ccccc1)c1ccccc1. The second-order valence-electron chi connectivity index (χ2n) is 4.82. The van der Waals surface area contributed by atoms with Gasteiger partial charge in [0.2, 0.25) is 0 Å². The summed E-state index contributed by atoms with van der Waals surface area (Å²) in [6.07, 6.45) is 0. The van der Waals surface area contributed by atoms with Gasteiger partial charge in [0.25, 0.3) is 5.91 Å². The predicted molar refractivity (Wildman–Crippen MR) is 85.8 cm³/mol. The number of para-hydroxylation sites is 2. The third-order valence-corrected chi connectivity index (χ3v) is 3.32. The summed E-state index contributed by atoms with van der Waals surface area (Å²) in [4.78, 5) is 14.5. The Labute approximate surface area is 128 Å². The molecule has 0 unspecified atom stereocenters. The molecule has 22 heavy (non-hydrogen) atoms. The van der Waals surface area contributed by atoms with Crippen LogP contribution in [0.1, 0.15) is 10.4 Å². The Morgan fingerprint density at radius 1 is 0.682 bits per heavy atom. The highest BCUT2D eigenvalue weighted by Crippen LogP contribution is 2.27. The number of hydrogen-bond donors (Lipinski definition) is 0. The van der Waals surface area contributed by atoms with Crippen molar-refractivity contribution in [2.45, 2.75) is 0 Å². The van der Waals surface area contributed by atoms with E-state index in [1.54, 1.807) is 4.90 Å². The summed E-state index contributed by atoms with van der Waals surface area (Å²) >= 11 is 0. The lowest BCUT2D eigenvalue weighted by Crippen LogP contribution is -2.25. The number of amides is 1. The molecular formula is C19H14FNO. The first kappa shape index (κ1) is 14.0. The van der Waals surface area contributed by atoms with E-state index in [4.69, 9.17) is 0 Å². The minimum Gasteiger partial charge on any atom is -0.277 e. The van der Waals surface area contributed by atoms with Gasteiger partial charge in [0.1, 0.15) is 5.82 Å². The second-order valence-corrected chi connectivity index (χ2v) is 4.82. The van der Waals surface area contributed by atoms with Crippen molar-refractivity contribution < 1.29 is 9.18 Å². The maximum Gasteiger partial charge on any atom is 0.262 e. The van der Waals surface area contributed by atoms with Crippen LogP contribution in [0.25, 0.3) is 0 Å². The molecule has 2 nitrogen and oxygen atoms in total. The highest BCUT2D eigenvalue weighted by Gasteiger charge is 2.19. The van der Waals surface area contributed by atoms with E-state index in [0.29, 0.717) is 5.56 Å². The van der Waals surface area contributed by atoms with E-state index in [1.807, 2.05) is 60.7 Å². The number of anilines is 2. The van der Waals surface area contributed by atoms with Gasteiger partial charge in [0, 0.05) is 16.9 Å². The molecule has 0 aromatic heterocycles. The second kappa shape index (κ2) is 6.22. The Morgan fingerprint density at radius 2 is 1.14 bits per heavy atom. The van der Waals surface area contributed by atoms with Gasteiger partial charge in [0.15, 0.2) is 0 Å². The Balaban J connectivity index is 2.06. The Morgan fingerprint density at radius 3 is 1.59 bits per heavy atom. The first-order valence-electron chi connectivity index (χ1n) is 6.96. The van der Waals surface area contributed by atoms with E-state index in [1.165, 1.54) is 24.3 Å². The zero-order valence-corrected chi connectivity index (χ0v) is 11.8. The molecule has 0 atom stereocenters. The third kappa shape index (κ3) is 2.88. The largest absolute Gasteiger partial charge is 0.277 e. The zero-order chi connectivity index (χ0) is 15.4. The molecule has 0 heterocycles.